The summed E-state index contributed by atoms with van der Waals surface area (Å²) < 4.78 is 0. The van der Waals surface area contributed by atoms with Crippen LogP contribution < -0.4 is 0 Å². The lowest BCUT2D eigenvalue weighted by Crippen LogP contribution is -2.25. The molecule has 0 N–H and O–H groups in total. The number of benzene rings is 1. The van der Waals surface area contributed by atoms with Crippen molar-refractivity contribution in [3.05, 3.63) is 47.8 Å². The van der Waals surface area contributed by atoms with Crippen LogP contribution in [0.25, 0.3) is 11.4 Å². The van der Waals surface area contributed by atoms with E-state index in [4.69, 9.17) is 0 Å². The van der Waals surface area contributed by atoms with E-state index in [1.807, 2.05) is 12.4 Å². The summed E-state index contributed by atoms with van der Waals surface area (Å²) in [6.07, 6.45) is 23.5. The van der Waals surface area contributed by atoms with Gasteiger partial charge in [0, 0.05) is 18.0 Å². The minimum absolute atomic E-state index is 0.0741. The van der Waals surface area contributed by atoms with Crippen LogP contribution in [0.1, 0.15) is 127 Å². The lowest BCUT2D eigenvalue weighted by molar-refractivity contribution is 0.223. The molecule has 1 aromatic heterocycles. The van der Waals surface area contributed by atoms with Gasteiger partial charge in [0.15, 0.2) is 5.82 Å². The normalized spacial score (nSPS) is 20.2. The first-order valence-corrected chi connectivity index (χ1v) is 14.0. The Balaban J connectivity index is 1.47. The first kappa shape index (κ1) is 26.4. The second kappa shape index (κ2) is 14.2. The Labute approximate surface area is 208 Å². The van der Waals surface area contributed by atoms with Gasteiger partial charge in [0.1, 0.15) is 0 Å². The number of nitrogens with zero attached hydrogens (tertiary/aromatic N) is 3. The molecule has 3 nitrogen and oxygen atoms in total. The van der Waals surface area contributed by atoms with E-state index < -0.39 is 0 Å². The summed E-state index contributed by atoms with van der Waals surface area (Å²) in [7, 11) is 0. The van der Waals surface area contributed by atoms with E-state index in [1.54, 1.807) is 0 Å². The molecule has 2 aromatic rings. The lowest BCUT2D eigenvalue weighted by atomic mass is 9.67. The molecule has 1 saturated carbocycles. The van der Waals surface area contributed by atoms with Crippen molar-refractivity contribution in [2.24, 2.45) is 5.41 Å². The van der Waals surface area contributed by atoms with E-state index in [0.29, 0.717) is 5.92 Å². The standard InChI is InChI=1S/C31H45N3/c1-3-5-7-9-10-11-13-26-23-33-30(34-24-26)29-16-14-27(15-17-29)28-18-21-31(25-32,22-19-28)20-12-8-6-4-2/h14-17,23-24,28H,3-13,18-22H2,1-2H3. The van der Waals surface area contributed by atoms with Gasteiger partial charge in [-0.25, -0.2) is 9.97 Å². The Morgan fingerprint density at radius 3 is 2.03 bits per heavy atom. The number of aryl methyl sites for hydroxylation is 1. The Hall–Kier alpha value is -2.21. The number of hydrogen-bond donors (Lipinski definition) is 0. The summed E-state index contributed by atoms with van der Waals surface area (Å²) in [5, 5.41) is 9.86. The van der Waals surface area contributed by atoms with E-state index in [2.05, 4.69) is 54.2 Å². The first-order valence-electron chi connectivity index (χ1n) is 14.0. The molecule has 0 radical (unpaired) electrons. The van der Waals surface area contributed by atoms with E-state index in [1.165, 1.54) is 75.3 Å². The molecule has 0 spiro atoms. The fraction of sp³-hybridized carbons (Fsp3) is 0.645. The van der Waals surface area contributed by atoms with Gasteiger partial charge in [-0.05, 0) is 62.0 Å². The molecule has 0 atom stereocenters. The van der Waals surface area contributed by atoms with Crippen LogP contribution in [0.3, 0.4) is 0 Å². The van der Waals surface area contributed by atoms with Crippen LogP contribution in [0, 0.1) is 16.7 Å². The monoisotopic (exact) mass is 459 g/mol. The predicted molar refractivity (Wildman–Crippen MR) is 143 cm³/mol. The van der Waals surface area contributed by atoms with Gasteiger partial charge in [-0.3, -0.25) is 0 Å². The quantitative estimate of drug-likeness (QED) is 0.264. The summed E-state index contributed by atoms with van der Waals surface area (Å²) in [6.45, 7) is 4.51. The van der Waals surface area contributed by atoms with Crippen LogP contribution in [0.5, 0.6) is 0 Å². The molecule has 0 saturated heterocycles. The molecule has 0 amide bonds. The minimum Gasteiger partial charge on any atom is -0.236 e. The summed E-state index contributed by atoms with van der Waals surface area (Å²) in [6, 6.07) is 11.6. The van der Waals surface area contributed by atoms with Crippen molar-refractivity contribution < 1.29 is 0 Å². The zero-order valence-electron chi connectivity index (χ0n) is 21.7. The SMILES string of the molecule is CCCCCCCCc1cnc(-c2ccc(C3CCC(C#N)(CCCCCC)CC3)cc2)nc1. The molecule has 1 fully saturated rings. The van der Waals surface area contributed by atoms with Crippen LogP contribution in [-0.2, 0) is 6.42 Å². The molecule has 1 aliphatic rings. The van der Waals surface area contributed by atoms with Crippen molar-refractivity contribution in [2.45, 2.75) is 122 Å². The summed E-state index contributed by atoms with van der Waals surface area (Å²) in [4.78, 5) is 9.29. The second-order valence-electron chi connectivity index (χ2n) is 10.5. The number of hydrogen-bond acceptors (Lipinski definition) is 3. The van der Waals surface area contributed by atoms with E-state index >= 15 is 0 Å². The number of aromatic nitrogens is 2. The van der Waals surface area contributed by atoms with Crippen LogP contribution in [-0.4, -0.2) is 9.97 Å². The predicted octanol–water partition coefficient (Wildman–Crippen LogP) is 9.18. The Morgan fingerprint density at radius 2 is 1.41 bits per heavy atom. The molecule has 34 heavy (non-hydrogen) atoms. The third-order valence-electron chi connectivity index (χ3n) is 7.85. The second-order valence-corrected chi connectivity index (χ2v) is 10.5. The van der Waals surface area contributed by atoms with E-state index in [0.717, 1.165) is 49.9 Å². The topological polar surface area (TPSA) is 49.6 Å². The average molecular weight is 460 g/mol. The smallest absolute Gasteiger partial charge is 0.159 e. The van der Waals surface area contributed by atoms with E-state index in [9.17, 15) is 5.26 Å². The molecule has 0 bridgehead atoms. The van der Waals surface area contributed by atoms with E-state index in [-0.39, 0.29) is 5.41 Å². The highest BCUT2D eigenvalue weighted by molar-refractivity contribution is 5.55. The largest absolute Gasteiger partial charge is 0.236 e. The highest BCUT2D eigenvalue weighted by Gasteiger charge is 2.35. The van der Waals surface area contributed by atoms with Gasteiger partial charge < -0.3 is 0 Å². The molecule has 3 heteroatoms. The minimum atomic E-state index is -0.0741. The third-order valence-corrected chi connectivity index (χ3v) is 7.85. The zero-order chi connectivity index (χ0) is 24.1. The fourth-order valence-corrected chi connectivity index (χ4v) is 5.46. The maximum Gasteiger partial charge on any atom is 0.159 e. The van der Waals surface area contributed by atoms with Crippen molar-refractivity contribution in [1.29, 1.82) is 5.26 Å². The first-order chi connectivity index (χ1) is 16.7. The Bertz CT molecular complexity index is 855. The molecule has 1 aromatic carbocycles. The highest BCUT2D eigenvalue weighted by Crippen LogP contribution is 2.45. The van der Waals surface area contributed by atoms with Crippen molar-refractivity contribution in [3.8, 4) is 17.5 Å². The van der Waals surface area contributed by atoms with Gasteiger partial charge in [-0.1, -0.05) is 95.9 Å². The third kappa shape index (κ3) is 7.93. The zero-order valence-corrected chi connectivity index (χ0v) is 21.7. The maximum atomic E-state index is 9.86. The molecular formula is C31H45N3. The van der Waals surface area contributed by atoms with Crippen molar-refractivity contribution in [3.63, 3.8) is 0 Å². The van der Waals surface area contributed by atoms with Crippen LogP contribution in [0.2, 0.25) is 0 Å². The number of nitriles is 1. The van der Waals surface area contributed by atoms with Gasteiger partial charge in [0.25, 0.3) is 0 Å². The highest BCUT2D eigenvalue weighted by atomic mass is 14.9. The van der Waals surface area contributed by atoms with Crippen molar-refractivity contribution in [1.82, 2.24) is 9.97 Å². The Kier molecular flexibility index (Phi) is 11.1. The Morgan fingerprint density at radius 1 is 0.824 bits per heavy atom. The van der Waals surface area contributed by atoms with Gasteiger partial charge in [-0.2, -0.15) is 5.26 Å². The van der Waals surface area contributed by atoms with Crippen LogP contribution >= 0.6 is 0 Å². The molecule has 3 rings (SSSR count). The maximum absolute atomic E-state index is 9.86. The molecule has 0 unspecified atom stereocenters. The fourth-order valence-electron chi connectivity index (χ4n) is 5.46. The molecule has 0 aliphatic heterocycles. The number of rotatable bonds is 14. The molecule has 1 heterocycles. The van der Waals surface area contributed by atoms with Crippen LogP contribution in [0.4, 0.5) is 0 Å². The number of unbranched alkanes of at least 4 members (excludes halogenated alkanes) is 8. The molecule has 184 valence electrons. The molecular weight excluding hydrogens is 414 g/mol. The van der Waals surface area contributed by atoms with Crippen molar-refractivity contribution in [2.75, 3.05) is 0 Å². The molecule has 1 aliphatic carbocycles. The average Bonchev–Trinajstić information content (AvgIpc) is 2.89. The van der Waals surface area contributed by atoms with Gasteiger partial charge in [-0.15, -0.1) is 0 Å². The van der Waals surface area contributed by atoms with Crippen molar-refractivity contribution >= 4 is 0 Å². The summed E-state index contributed by atoms with van der Waals surface area (Å²) in [5.74, 6) is 1.39. The lowest BCUT2D eigenvalue weighted by Gasteiger charge is -2.35. The summed E-state index contributed by atoms with van der Waals surface area (Å²) >= 11 is 0. The van der Waals surface area contributed by atoms with Gasteiger partial charge >= 0.3 is 0 Å². The summed E-state index contributed by atoms with van der Waals surface area (Å²) in [5.41, 5.74) is 3.66. The van der Waals surface area contributed by atoms with Gasteiger partial charge in [0.2, 0.25) is 0 Å². The van der Waals surface area contributed by atoms with Gasteiger partial charge in [0.05, 0.1) is 11.5 Å². The van der Waals surface area contributed by atoms with Crippen LogP contribution in [0.15, 0.2) is 36.7 Å².